The minimum Gasteiger partial charge on any atom is -0.464 e. The third-order valence-electron chi connectivity index (χ3n) is 2.53. The quantitative estimate of drug-likeness (QED) is 0.824. The normalized spacial score (nSPS) is 16.2. The van der Waals surface area contributed by atoms with Crippen molar-refractivity contribution in [1.29, 1.82) is 0 Å². The molecule has 1 aromatic rings. The minimum atomic E-state index is -2.12. The first kappa shape index (κ1) is 12.6. The third kappa shape index (κ3) is 2.38. The highest BCUT2D eigenvalue weighted by Crippen LogP contribution is 2.35. The maximum absolute atomic E-state index is 13.6. The molecular weight excluding hydrogens is 243 g/mol. The molecule has 0 fully saturated rings. The number of carbonyl (C=O) groups excluding carboxylic acids is 1. The minimum absolute atomic E-state index is 0.0626. The zero-order valence-electron chi connectivity index (χ0n) is 9.76. The van der Waals surface area contributed by atoms with E-state index in [1.54, 1.807) is 13.0 Å². The smallest absolute Gasteiger partial charge is 0.343 e. The second-order valence-electron chi connectivity index (χ2n) is 3.71. The van der Waals surface area contributed by atoms with Crippen LogP contribution in [0.3, 0.4) is 0 Å². The molecule has 2 unspecified atom stereocenters. The molecule has 0 spiro atoms. The van der Waals surface area contributed by atoms with Crippen LogP contribution in [0.4, 0.5) is 4.39 Å². The first-order valence-electron chi connectivity index (χ1n) is 5.51. The van der Waals surface area contributed by atoms with Gasteiger partial charge in [-0.05, 0) is 24.6 Å². The summed E-state index contributed by atoms with van der Waals surface area (Å²) < 4.78 is 28.3. The fourth-order valence-corrected chi connectivity index (χ4v) is 1.62. The van der Waals surface area contributed by atoms with E-state index in [1.807, 2.05) is 0 Å². The van der Waals surface area contributed by atoms with Crippen molar-refractivity contribution in [2.75, 3.05) is 13.4 Å². The van der Waals surface area contributed by atoms with E-state index in [1.165, 1.54) is 12.1 Å². The average molecular weight is 256 g/mol. The number of hydrogen-bond acceptors (Lipinski definition) is 5. The highest BCUT2D eigenvalue weighted by Gasteiger charge is 2.30. The van der Waals surface area contributed by atoms with Gasteiger partial charge in [-0.15, -0.1) is 0 Å². The number of carbonyl (C=O) groups is 1. The second kappa shape index (κ2) is 5.22. The van der Waals surface area contributed by atoms with Gasteiger partial charge in [0.15, 0.2) is 11.5 Å². The maximum atomic E-state index is 13.6. The molecule has 0 aromatic heterocycles. The summed E-state index contributed by atoms with van der Waals surface area (Å²) >= 11 is 0. The lowest BCUT2D eigenvalue weighted by Crippen LogP contribution is -2.26. The van der Waals surface area contributed by atoms with Gasteiger partial charge in [0, 0.05) is 0 Å². The Labute approximate surface area is 103 Å². The summed E-state index contributed by atoms with van der Waals surface area (Å²) in [5, 5.41) is 9.75. The van der Waals surface area contributed by atoms with Crippen LogP contribution >= 0.6 is 0 Å². The van der Waals surface area contributed by atoms with Gasteiger partial charge in [-0.3, -0.25) is 0 Å². The maximum Gasteiger partial charge on any atom is 0.343 e. The molecule has 5 nitrogen and oxygen atoms in total. The van der Waals surface area contributed by atoms with Gasteiger partial charge >= 0.3 is 5.97 Å². The third-order valence-corrected chi connectivity index (χ3v) is 2.53. The van der Waals surface area contributed by atoms with Crippen LogP contribution in [-0.2, 0) is 9.53 Å². The summed E-state index contributed by atoms with van der Waals surface area (Å²) in [7, 11) is 0. The molecule has 0 aliphatic carbocycles. The van der Waals surface area contributed by atoms with Crippen molar-refractivity contribution in [3.63, 3.8) is 0 Å². The van der Waals surface area contributed by atoms with Crippen molar-refractivity contribution >= 4 is 5.97 Å². The molecule has 1 N–H and O–H groups in total. The van der Waals surface area contributed by atoms with Gasteiger partial charge in [0.25, 0.3) is 0 Å². The SMILES string of the molecule is CCOC(=O)C(F)C(O)c1ccc2c(c1)OCO2. The van der Waals surface area contributed by atoms with E-state index in [2.05, 4.69) is 4.74 Å². The molecule has 98 valence electrons. The standard InChI is InChI=1S/C12H13FO5/c1-2-16-12(15)10(13)11(14)7-3-4-8-9(5-7)18-6-17-8/h3-5,10-11,14H,2,6H2,1H3. The Morgan fingerprint density at radius 1 is 1.50 bits per heavy atom. The Balaban J connectivity index is 2.13. The molecule has 1 aliphatic heterocycles. The lowest BCUT2D eigenvalue weighted by molar-refractivity contribution is -0.153. The van der Waals surface area contributed by atoms with Crippen molar-refractivity contribution in [1.82, 2.24) is 0 Å². The zero-order valence-corrected chi connectivity index (χ0v) is 9.76. The number of halogens is 1. The molecule has 6 heteroatoms. The van der Waals surface area contributed by atoms with Gasteiger partial charge in [-0.1, -0.05) is 6.07 Å². The van der Waals surface area contributed by atoms with Crippen LogP contribution in [-0.4, -0.2) is 30.6 Å². The van der Waals surface area contributed by atoms with Crippen molar-refractivity contribution in [3.05, 3.63) is 23.8 Å². The van der Waals surface area contributed by atoms with E-state index in [4.69, 9.17) is 9.47 Å². The summed E-state index contributed by atoms with van der Waals surface area (Å²) in [4.78, 5) is 11.2. The number of alkyl halides is 1. The summed E-state index contributed by atoms with van der Waals surface area (Å²) in [5.41, 5.74) is 0.236. The number of aliphatic hydroxyl groups excluding tert-OH is 1. The van der Waals surface area contributed by atoms with E-state index >= 15 is 0 Å². The molecule has 0 amide bonds. The van der Waals surface area contributed by atoms with E-state index in [0.717, 1.165) is 0 Å². The molecule has 2 rings (SSSR count). The Hall–Kier alpha value is -1.82. The Kier molecular flexibility index (Phi) is 3.66. The van der Waals surface area contributed by atoms with Crippen molar-refractivity contribution < 1.29 is 28.5 Å². The molecule has 0 radical (unpaired) electrons. The van der Waals surface area contributed by atoms with E-state index < -0.39 is 18.2 Å². The predicted molar refractivity (Wildman–Crippen MR) is 59.1 cm³/mol. The lowest BCUT2D eigenvalue weighted by atomic mass is 10.0. The van der Waals surface area contributed by atoms with Gasteiger partial charge in [-0.2, -0.15) is 0 Å². The molecule has 0 bridgehead atoms. The van der Waals surface area contributed by atoms with E-state index in [0.29, 0.717) is 11.5 Å². The number of ether oxygens (including phenoxy) is 3. The molecule has 0 saturated carbocycles. The first-order chi connectivity index (χ1) is 8.63. The van der Waals surface area contributed by atoms with Crippen LogP contribution in [0.15, 0.2) is 18.2 Å². The van der Waals surface area contributed by atoms with Gasteiger partial charge in [-0.25, -0.2) is 9.18 Å². The lowest BCUT2D eigenvalue weighted by Gasteiger charge is -2.15. The summed E-state index contributed by atoms with van der Waals surface area (Å²) in [6.45, 7) is 1.72. The topological polar surface area (TPSA) is 65.0 Å². The van der Waals surface area contributed by atoms with E-state index in [-0.39, 0.29) is 19.0 Å². The molecule has 1 aromatic carbocycles. The van der Waals surface area contributed by atoms with Gasteiger partial charge in [0.05, 0.1) is 6.61 Å². The number of rotatable bonds is 4. The van der Waals surface area contributed by atoms with E-state index in [9.17, 15) is 14.3 Å². The molecule has 18 heavy (non-hydrogen) atoms. The van der Waals surface area contributed by atoms with Crippen LogP contribution < -0.4 is 9.47 Å². The number of hydrogen-bond donors (Lipinski definition) is 1. The molecule has 0 saturated heterocycles. The fraction of sp³-hybridized carbons (Fsp3) is 0.417. The number of fused-ring (bicyclic) bond motifs is 1. The second-order valence-corrected chi connectivity index (χ2v) is 3.71. The Bertz CT molecular complexity index is 448. The van der Waals surface area contributed by atoms with Crippen LogP contribution in [0, 0.1) is 0 Å². The first-order valence-corrected chi connectivity index (χ1v) is 5.51. The monoisotopic (exact) mass is 256 g/mol. The fourth-order valence-electron chi connectivity index (χ4n) is 1.62. The van der Waals surface area contributed by atoms with Crippen molar-refractivity contribution in [3.8, 4) is 11.5 Å². The van der Waals surface area contributed by atoms with Crippen LogP contribution in [0.1, 0.15) is 18.6 Å². The largest absolute Gasteiger partial charge is 0.464 e. The van der Waals surface area contributed by atoms with Crippen LogP contribution in [0.5, 0.6) is 11.5 Å². The summed E-state index contributed by atoms with van der Waals surface area (Å²) in [5.74, 6) is -0.136. The summed E-state index contributed by atoms with van der Waals surface area (Å²) in [6, 6.07) is 4.47. The van der Waals surface area contributed by atoms with Gasteiger partial charge in [0.1, 0.15) is 6.10 Å². The van der Waals surface area contributed by atoms with Crippen LogP contribution in [0.25, 0.3) is 0 Å². The molecule has 2 atom stereocenters. The Morgan fingerprint density at radius 3 is 2.94 bits per heavy atom. The number of aliphatic hydroxyl groups is 1. The number of benzene rings is 1. The Morgan fingerprint density at radius 2 is 2.22 bits per heavy atom. The van der Waals surface area contributed by atoms with Crippen molar-refractivity contribution in [2.24, 2.45) is 0 Å². The van der Waals surface area contributed by atoms with Crippen molar-refractivity contribution in [2.45, 2.75) is 19.2 Å². The summed E-state index contributed by atoms with van der Waals surface area (Å²) in [6.07, 6.45) is -3.70. The molecular formula is C12H13FO5. The average Bonchev–Trinajstić information content (AvgIpc) is 2.84. The van der Waals surface area contributed by atoms with Crippen LogP contribution in [0.2, 0.25) is 0 Å². The van der Waals surface area contributed by atoms with Gasteiger partial charge < -0.3 is 19.3 Å². The molecule has 1 heterocycles. The highest BCUT2D eigenvalue weighted by molar-refractivity contribution is 5.75. The number of esters is 1. The zero-order chi connectivity index (χ0) is 13.1. The van der Waals surface area contributed by atoms with Gasteiger partial charge in [0.2, 0.25) is 13.0 Å². The molecule has 1 aliphatic rings. The predicted octanol–water partition coefficient (Wildman–Crippen LogP) is 1.35. The highest BCUT2D eigenvalue weighted by atomic mass is 19.1.